The van der Waals surface area contributed by atoms with Crippen LogP contribution in [0.4, 0.5) is 0 Å². The van der Waals surface area contributed by atoms with Crippen LogP contribution in [0.15, 0.2) is 49.2 Å². The minimum atomic E-state index is -0.447. The molecule has 3 rings (SSSR count). The first kappa shape index (κ1) is 17.6. The molecule has 1 amide bonds. The van der Waals surface area contributed by atoms with E-state index in [0.29, 0.717) is 12.4 Å². The molecular weight excluding hydrogens is 330 g/mol. The Balaban J connectivity index is 1.72. The van der Waals surface area contributed by atoms with Crippen LogP contribution in [0.3, 0.4) is 0 Å². The predicted octanol–water partition coefficient (Wildman–Crippen LogP) is 2.96. The van der Waals surface area contributed by atoms with Crippen LogP contribution in [0, 0.1) is 13.8 Å². The SMILES string of the molecule is Cc1cccc(C)c1Oc1ncccc1CNC(=O)[C@@H](C)n1cncn1. The quantitative estimate of drug-likeness (QED) is 0.738. The summed E-state index contributed by atoms with van der Waals surface area (Å²) < 4.78 is 7.55. The normalized spacial score (nSPS) is 11.8. The van der Waals surface area contributed by atoms with E-state index >= 15 is 0 Å². The van der Waals surface area contributed by atoms with E-state index in [1.54, 1.807) is 13.1 Å². The number of hydrogen-bond donors (Lipinski definition) is 1. The van der Waals surface area contributed by atoms with E-state index in [0.717, 1.165) is 22.4 Å². The Bertz CT molecular complexity index is 872. The molecule has 0 aliphatic rings. The lowest BCUT2D eigenvalue weighted by molar-refractivity contribution is -0.124. The lowest BCUT2D eigenvalue weighted by Crippen LogP contribution is -2.31. The van der Waals surface area contributed by atoms with Crippen molar-refractivity contribution in [2.75, 3.05) is 0 Å². The molecule has 134 valence electrons. The highest BCUT2D eigenvalue weighted by molar-refractivity contribution is 5.79. The van der Waals surface area contributed by atoms with Crippen molar-refractivity contribution < 1.29 is 9.53 Å². The smallest absolute Gasteiger partial charge is 0.244 e. The molecule has 1 aromatic carbocycles. The number of amides is 1. The van der Waals surface area contributed by atoms with E-state index in [1.165, 1.54) is 17.3 Å². The van der Waals surface area contributed by atoms with Crippen molar-refractivity contribution >= 4 is 5.91 Å². The van der Waals surface area contributed by atoms with Crippen molar-refractivity contribution in [3.63, 3.8) is 0 Å². The summed E-state index contributed by atoms with van der Waals surface area (Å²) in [5, 5.41) is 6.89. The van der Waals surface area contributed by atoms with E-state index in [-0.39, 0.29) is 5.91 Å². The standard InChI is InChI=1S/C19H21N5O2/c1-13-6-4-7-14(2)17(13)26-19-16(8-5-9-21-19)10-22-18(25)15(3)24-12-20-11-23-24/h4-9,11-12,15H,10H2,1-3H3,(H,22,25)/t15-/m1/s1. The fourth-order valence-electron chi connectivity index (χ4n) is 2.57. The number of pyridine rings is 1. The summed E-state index contributed by atoms with van der Waals surface area (Å²) >= 11 is 0. The number of hydrogen-bond acceptors (Lipinski definition) is 5. The molecule has 26 heavy (non-hydrogen) atoms. The highest BCUT2D eigenvalue weighted by atomic mass is 16.5. The Morgan fingerprint density at radius 1 is 1.23 bits per heavy atom. The molecule has 7 nitrogen and oxygen atoms in total. The number of aromatic nitrogens is 4. The molecule has 2 heterocycles. The molecule has 0 unspecified atom stereocenters. The van der Waals surface area contributed by atoms with Crippen LogP contribution in [0.25, 0.3) is 0 Å². The van der Waals surface area contributed by atoms with Crippen LogP contribution >= 0.6 is 0 Å². The highest BCUT2D eigenvalue weighted by Crippen LogP contribution is 2.29. The second-order valence-corrected chi connectivity index (χ2v) is 6.06. The number of aryl methyl sites for hydroxylation is 2. The predicted molar refractivity (Wildman–Crippen MR) is 96.8 cm³/mol. The summed E-state index contributed by atoms with van der Waals surface area (Å²) in [5.74, 6) is 1.12. The van der Waals surface area contributed by atoms with E-state index < -0.39 is 6.04 Å². The topological polar surface area (TPSA) is 81.9 Å². The fourth-order valence-corrected chi connectivity index (χ4v) is 2.57. The van der Waals surface area contributed by atoms with Gasteiger partial charge in [0.1, 0.15) is 24.4 Å². The zero-order chi connectivity index (χ0) is 18.5. The molecule has 3 aromatic rings. The minimum Gasteiger partial charge on any atom is -0.438 e. The Morgan fingerprint density at radius 2 is 2.00 bits per heavy atom. The zero-order valence-corrected chi connectivity index (χ0v) is 15.0. The van der Waals surface area contributed by atoms with Gasteiger partial charge in [-0.3, -0.25) is 4.79 Å². The van der Waals surface area contributed by atoms with Gasteiger partial charge in [-0.2, -0.15) is 5.10 Å². The average molecular weight is 351 g/mol. The first-order chi connectivity index (χ1) is 12.6. The second kappa shape index (κ2) is 7.77. The maximum Gasteiger partial charge on any atom is 0.244 e. The average Bonchev–Trinajstić information content (AvgIpc) is 3.17. The van der Waals surface area contributed by atoms with Gasteiger partial charge in [0.15, 0.2) is 0 Å². The van der Waals surface area contributed by atoms with Crippen molar-refractivity contribution in [1.82, 2.24) is 25.1 Å². The summed E-state index contributed by atoms with van der Waals surface area (Å²) in [6.07, 6.45) is 4.59. The van der Waals surface area contributed by atoms with Crippen LogP contribution < -0.4 is 10.1 Å². The first-order valence-electron chi connectivity index (χ1n) is 8.36. The fraction of sp³-hybridized carbons (Fsp3) is 0.263. The third-order valence-corrected chi connectivity index (χ3v) is 4.12. The van der Waals surface area contributed by atoms with Crippen LogP contribution in [0.5, 0.6) is 11.6 Å². The van der Waals surface area contributed by atoms with Gasteiger partial charge in [-0.25, -0.2) is 14.6 Å². The van der Waals surface area contributed by atoms with Gasteiger partial charge in [-0.05, 0) is 38.0 Å². The van der Waals surface area contributed by atoms with E-state index in [2.05, 4.69) is 20.4 Å². The van der Waals surface area contributed by atoms with Crippen molar-refractivity contribution in [1.29, 1.82) is 0 Å². The molecule has 0 aliphatic heterocycles. The Hall–Kier alpha value is -3.22. The number of benzene rings is 1. The van der Waals surface area contributed by atoms with Gasteiger partial charge in [-0.15, -0.1) is 0 Å². The van der Waals surface area contributed by atoms with Gasteiger partial charge >= 0.3 is 0 Å². The van der Waals surface area contributed by atoms with Crippen molar-refractivity contribution in [3.8, 4) is 11.6 Å². The molecule has 0 fully saturated rings. The molecule has 0 radical (unpaired) electrons. The molecule has 0 saturated heterocycles. The number of nitrogens with zero attached hydrogens (tertiary/aromatic N) is 4. The first-order valence-corrected chi connectivity index (χ1v) is 8.36. The van der Waals surface area contributed by atoms with Gasteiger partial charge in [0, 0.05) is 18.3 Å². The Labute approximate surface area is 152 Å². The molecule has 0 spiro atoms. The molecule has 1 N–H and O–H groups in total. The Morgan fingerprint density at radius 3 is 2.69 bits per heavy atom. The van der Waals surface area contributed by atoms with Crippen LogP contribution in [-0.4, -0.2) is 25.7 Å². The van der Waals surface area contributed by atoms with Crippen molar-refractivity contribution in [3.05, 3.63) is 65.9 Å². The highest BCUT2D eigenvalue weighted by Gasteiger charge is 2.16. The number of rotatable bonds is 6. The number of nitrogens with one attached hydrogen (secondary N) is 1. The van der Waals surface area contributed by atoms with E-state index in [4.69, 9.17) is 4.74 Å². The second-order valence-electron chi connectivity index (χ2n) is 6.06. The van der Waals surface area contributed by atoms with Crippen molar-refractivity contribution in [2.45, 2.75) is 33.4 Å². The molecule has 0 saturated carbocycles. The number of carbonyl (C=O) groups excluding carboxylic acids is 1. The molecule has 7 heteroatoms. The lowest BCUT2D eigenvalue weighted by atomic mass is 10.1. The van der Waals surface area contributed by atoms with Crippen LogP contribution in [-0.2, 0) is 11.3 Å². The van der Waals surface area contributed by atoms with Crippen LogP contribution in [0.2, 0.25) is 0 Å². The van der Waals surface area contributed by atoms with Gasteiger partial charge in [0.05, 0.1) is 0 Å². The Kier molecular flexibility index (Phi) is 5.26. The van der Waals surface area contributed by atoms with Crippen molar-refractivity contribution in [2.24, 2.45) is 0 Å². The van der Waals surface area contributed by atoms with Crippen LogP contribution in [0.1, 0.15) is 29.7 Å². The molecular formula is C19H21N5O2. The number of carbonyl (C=O) groups is 1. The summed E-state index contributed by atoms with van der Waals surface area (Å²) in [4.78, 5) is 20.5. The number of ether oxygens (including phenoxy) is 1. The molecule has 0 bridgehead atoms. The van der Waals surface area contributed by atoms with E-state index in [9.17, 15) is 4.79 Å². The number of para-hydroxylation sites is 1. The molecule has 1 atom stereocenters. The summed E-state index contributed by atoms with van der Waals surface area (Å²) in [7, 11) is 0. The van der Waals surface area contributed by atoms with Gasteiger partial charge < -0.3 is 10.1 Å². The third kappa shape index (κ3) is 3.88. The minimum absolute atomic E-state index is 0.155. The maximum absolute atomic E-state index is 12.3. The van der Waals surface area contributed by atoms with Gasteiger partial charge in [0.25, 0.3) is 0 Å². The monoisotopic (exact) mass is 351 g/mol. The zero-order valence-electron chi connectivity index (χ0n) is 15.0. The van der Waals surface area contributed by atoms with E-state index in [1.807, 2.05) is 44.2 Å². The summed E-state index contributed by atoms with van der Waals surface area (Å²) in [6, 6.07) is 9.23. The molecule has 0 aliphatic carbocycles. The van der Waals surface area contributed by atoms with Gasteiger partial charge in [-0.1, -0.05) is 24.3 Å². The summed E-state index contributed by atoms with van der Waals surface area (Å²) in [5.41, 5.74) is 2.87. The lowest BCUT2D eigenvalue weighted by Gasteiger charge is -2.15. The third-order valence-electron chi connectivity index (χ3n) is 4.12. The summed E-state index contributed by atoms with van der Waals surface area (Å²) in [6.45, 7) is 6.06. The molecule has 2 aromatic heterocycles. The largest absolute Gasteiger partial charge is 0.438 e. The van der Waals surface area contributed by atoms with Gasteiger partial charge in [0.2, 0.25) is 11.8 Å². The maximum atomic E-state index is 12.3.